The summed E-state index contributed by atoms with van der Waals surface area (Å²) in [5.41, 5.74) is 3.17. The highest BCUT2D eigenvalue weighted by molar-refractivity contribution is 6.10. The van der Waals surface area contributed by atoms with Gasteiger partial charge in [-0.05, 0) is 35.9 Å². The van der Waals surface area contributed by atoms with Crippen molar-refractivity contribution in [1.29, 1.82) is 0 Å². The Labute approximate surface area is 221 Å². The van der Waals surface area contributed by atoms with E-state index in [2.05, 4.69) is 16.4 Å². The summed E-state index contributed by atoms with van der Waals surface area (Å²) in [7, 11) is 1.61. The van der Waals surface area contributed by atoms with Gasteiger partial charge in [-0.2, -0.15) is 0 Å². The summed E-state index contributed by atoms with van der Waals surface area (Å²) in [6.45, 7) is 2.03. The molecule has 4 aromatic carbocycles. The lowest BCUT2D eigenvalue weighted by Crippen LogP contribution is -2.33. The molecule has 0 aliphatic carbocycles. The molecule has 0 bridgehead atoms. The number of aliphatic hydroxyl groups excluding tert-OH is 1. The number of nitrogens with one attached hydrogen (secondary N) is 2. The number of hydrogen-bond acceptors (Lipinski definition) is 6. The maximum atomic E-state index is 10.4. The predicted molar refractivity (Wildman–Crippen MR) is 149 cm³/mol. The van der Waals surface area contributed by atoms with Crippen molar-refractivity contribution in [1.82, 2.24) is 10.3 Å². The molecule has 5 rings (SSSR count). The molecule has 0 radical (unpaired) electrons. The number of para-hydroxylation sites is 1. The Bertz CT molecular complexity index is 1470. The number of aliphatic hydroxyl groups is 1. The van der Waals surface area contributed by atoms with Crippen molar-refractivity contribution in [2.45, 2.75) is 12.7 Å². The third kappa shape index (κ3) is 6.19. The van der Waals surface area contributed by atoms with Gasteiger partial charge in [0.2, 0.25) is 0 Å². The normalized spacial score (nSPS) is 11.9. The summed E-state index contributed by atoms with van der Waals surface area (Å²) < 4.78 is 23.2. The summed E-state index contributed by atoms with van der Waals surface area (Å²) in [6.07, 6.45) is -0.661. The van der Waals surface area contributed by atoms with E-state index in [-0.39, 0.29) is 6.61 Å². The van der Waals surface area contributed by atoms with Gasteiger partial charge in [0, 0.05) is 35.4 Å². The molecule has 1 heterocycles. The van der Waals surface area contributed by atoms with Crippen LogP contribution in [0.5, 0.6) is 23.0 Å². The second-order valence-corrected chi connectivity index (χ2v) is 8.95. The van der Waals surface area contributed by atoms with E-state index in [0.29, 0.717) is 43.6 Å². The Morgan fingerprint density at radius 2 is 1.61 bits per heavy atom. The fourth-order valence-corrected chi connectivity index (χ4v) is 4.33. The molecule has 0 spiro atoms. The van der Waals surface area contributed by atoms with Gasteiger partial charge in [-0.3, -0.25) is 0 Å². The molecule has 1 atom stereocenters. The van der Waals surface area contributed by atoms with Crippen LogP contribution in [0, 0.1) is 0 Å². The van der Waals surface area contributed by atoms with Crippen molar-refractivity contribution in [3.8, 4) is 23.0 Å². The molecule has 7 heteroatoms. The first-order valence-corrected chi connectivity index (χ1v) is 12.7. The summed E-state index contributed by atoms with van der Waals surface area (Å²) in [5.74, 6) is 2.71. The lowest BCUT2D eigenvalue weighted by molar-refractivity contribution is 0.106. The highest BCUT2D eigenvalue weighted by atomic mass is 16.5. The number of aromatic nitrogens is 1. The molecule has 196 valence electrons. The molecule has 0 fully saturated rings. The van der Waals surface area contributed by atoms with Gasteiger partial charge in [0.25, 0.3) is 0 Å². The first kappa shape index (κ1) is 25.4. The molecule has 0 saturated heterocycles. The molecular weight excluding hydrogens is 480 g/mol. The Balaban J connectivity index is 1.06. The maximum absolute atomic E-state index is 10.4. The average molecular weight is 513 g/mol. The number of ether oxygens (including phenoxy) is 4. The number of rotatable bonds is 13. The summed E-state index contributed by atoms with van der Waals surface area (Å²) in [5, 5.41) is 15.8. The molecular formula is C31H32N2O5. The van der Waals surface area contributed by atoms with Crippen LogP contribution >= 0.6 is 0 Å². The Hall–Kier alpha value is -4.20. The number of aromatic amines is 1. The van der Waals surface area contributed by atoms with Gasteiger partial charge in [-0.1, -0.05) is 54.6 Å². The van der Waals surface area contributed by atoms with E-state index in [0.717, 1.165) is 33.1 Å². The molecule has 7 nitrogen and oxygen atoms in total. The molecule has 0 amide bonds. The quantitative estimate of drug-likeness (QED) is 0.185. The van der Waals surface area contributed by atoms with Crippen LogP contribution in [-0.2, 0) is 6.61 Å². The highest BCUT2D eigenvalue weighted by Crippen LogP contribution is 2.33. The Morgan fingerprint density at radius 1 is 0.789 bits per heavy atom. The van der Waals surface area contributed by atoms with Gasteiger partial charge < -0.3 is 34.4 Å². The average Bonchev–Trinajstić information content (AvgIpc) is 3.35. The predicted octanol–water partition coefficient (Wildman–Crippen LogP) is 5.32. The van der Waals surface area contributed by atoms with Gasteiger partial charge in [0.05, 0.1) is 12.6 Å². The zero-order valence-corrected chi connectivity index (χ0v) is 21.4. The van der Waals surface area contributed by atoms with E-state index < -0.39 is 6.10 Å². The van der Waals surface area contributed by atoms with Crippen molar-refractivity contribution < 1.29 is 24.1 Å². The van der Waals surface area contributed by atoms with E-state index in [4.69, 9.17) is 18.9 Å². The van der Waals surface area contributed by atoms with Crippen LogP contribution in [0.4, 0.5) is 0 Å². The van der Waals surface area contributed by atoms with Crippen LogP contribution < -0.4 is 24.3 Å². The van der Waals surface area contributed by atoms with Gasteiger partial charge in [-0.15, -0.1) is 0 Å². The standard InChI is InChI=1S/C31H32N2O5/c1-35-30-18-24(37-20-22-8-3-2-4-9-22)14-15-28(30)36-17-16-32-19-23(34)21-38-29-13-7-12-27-31(29)25-10-5-6-11-26(25)33-27/h2-15,18,23,32-34H,16-17,19-21H2,1H3. The third-order valence-corrected chi connectivity index (χ3v) is 6.22. The minimum atomic E-state index is -0.661. The van der Waals surface area contributed by atoms with Crippen LogP contribution in [0.25, 0.3) is 21.8 Å². The summed E-state index contributed by atoms with van der Waals surface area (Å²) in [6, 6.07) is 29.6. The zero-order chi connectivity index (χ0) is 26.2. The van der Waals surface area contributed by atoms with Crippen LogP contribution in [0.15, 0.2) is 91.0 Å². The molecule has 0 aliphatic heterocycles. The molecule has 0 aliphatic rings. The van der Waals surface area contributed by atoms with Gasteiger partial charge in [-0.25, -0.2) is 0 Å². The van der Waals surface area contributed by atoms with E-state index in [1.54, 1.807) is 7.11 Å². The van der Waals surface area contributed by atoms with Gasteiger partial charge in [0.15, 0.2) is 11.5 Å². The summed E-state index contributed by atoms with van der Waals surface area (Å²) >= 11 is 0. The second kappa shape index (κ2) is 12.4. The van der Waals surface area contributed by atoms with E-state index in [1.165, 1.54) is 0 Å². The lowest BCUT2D eigenvalue weighted by atomic mass is 10.1. The van der Waals surface area contributed by atoms with E-state index in [1.807, 2.05) is 84.9 Å². The molecule has 1 unspecified atom stereocenters. The van der Waals surface area contributed by atoms with Crippen LogP contribution in [0.2, 0.25) is 0 Å². The largest absolute Gasteiger partial charge is 0.493 e. The Morgan fingerprint density at radius 3 is 2.47 bits per heavy atom. The molecule has 38 heavy (non-hydrogen) atoms. The minimum Gasteiger partial charge on any atom is -0.493 e. The van der Waals surface area contributed by atoms with Gasteiger partial charge >= 0.3 is 0 Å². The van der Waals surface area contributed by atoms with Crippen molar-refractivity contribution in [2.75, 3.05) is 33.4 Å². The minimum absolute atomic E-state index is 0.185. The van der Waals surface area contributed by atoms with E-state index in [9.17, 15) is 5.11 Å². The monoisotopic (exact) mass is 512 g/mol. The zero-order valence-electron chi connectivity index (χ0n) is 21.4. The first-order valence-electron chi connectivity index (χ1n) is 12.7. The highest BCUT2D eigenvalue weighted by Gasteiger charge is 2.12. The SMILES string of the molecule is COc1cc(OCc2ccccc2)ccc1OCCNCC(O)COc1cccc2[nH]c3ccccc3c12. The van der Waals surface area contributed by atoms with Crippen molar-refractivity contribution in [2.24, 2.45) is 0 Å². The molecule has 1 aromatic heterocycles. The van der Waals surface area contributed by atoms with Crippen LogP contribution in [0.1, 0.15) is 5.56 Å². The lowest BCUT2D eigenvalue weighted by Gasteiger charge is -2.15. The van der Waals surface area contributed by atoms with Crippen LogP contribution in [-0.4, -0.2) is 49.6 Å². The number of hydrogen-bond donors (Lipinski definition) is 3. The smallest absolute Gasteiger partial charge is 0.164 e. The molecule has 0 saturated carbocycles. The third-order valence-electron chi connectivity index (χ3n) is 6.22. The summed E-state index contributed by atoms with van der Waals surface area (Å²) in [4.78, 5) is 3.41. The van der Waals surface area contributed by atoms with Crippen molar-refractivity contribution >= 4 is 21.8 Å². The molecule has 5 aromatic rings. The number of benzene rings is 4. The molecule has 3 N–H and O–H groups in total. The number of methoxy groups -OCH3 is 1. The van der Waals surface area contributed by atoms with Crippen LogP contribution in [0.3, 0.4) is 0 Å². The van der Waals surface area contributed by atoms with Crippen molar-refractivity contribution in [3.05, 3.63) is 96.6 Å². The van der Waals surface area contributed by atoms with Gasteiger partial charge in [0.1, 0.15) is 37.4 Å². The number of H-pyrrole nitrogens is 1. The van der Waals surface area contributed by atoms with E-state index >= 15 is 0 Å². The number of fused-ring (bicyclic) bond motifs is 3. The van der Waals surface area contributed by atoms with Crippen molar-refractivity contribution in [3.63, 3.8) is 0 Å². The first-order chi connectivity index (χ1) is 18.7. The fraction of sp³-hybridized carbons (Fsp3) is 0.226. The maximum Gasteiger partial charge on any atom is 0.164 e. The topological polar surface area (TPSA) is 85.0 Å². The Kier molecular flexibility index (Phi) is 8.28. The second-order valence-electron chi connectivity index (χ2n) is 8.95. The fourth-order valence-electron chi connectivity index (χ4n) is 4.33.